The Morgan fingerprint density at radius 1 is 1.00 bits per heavy atom. The third-order valence-corrected chi connectivity index (χ3v) is 3.91. The second-order valence-electron chi connectivity index (χ2n) is 4.80. The molecule has 0 rings (SSSR count). The van der Waals surface area contributed by atoms with Gasteiger partial charge >= 0.3 is 0 Å². The van der Waals surface area contributed by atoms with Crippen molar-refractivity contribution in [2.75, 3.05) is 51.6 Å². The first-order chi connectivity index (χ1) is 8.27. The van der Waals surface area contributed by atoms with Crippen LogP contribution in [-0.4, -0.2) is 65.6 Å². The Morgan fingerprint density at radius 2 is 1.50 bits per heavy atom. The Hall–Kier alpha value is -0.210. The van der Waals surface area contributed by atoms with Gasteiger partial charge in [0.1, 0.15) is 0 Å². The lowest BCUT2D eigenvalue weighted by Crippen LogP contribution is -2.41. The lowest BCUT2D eigenvalue weighted by atomic mass is 10.1. The van der Waals surface area contributed by atoms with Gasteiger partial charge in [0.25, 0.3) is 0 Å². The van der Waals surface area contributed by atoms with Crippen LogP contribution in [0.4, 0.5) is 0 Å². The molecule has 0 spiro atoms. The molecule has 2 N–H and O–H groups in total. The highest BCUT2D eigenvalue weighted by molar-refractivity contribution is 7.91. The van der Waals surface area contributed by atoms with Gasteiger partial charge in [-0.25, -0.2) is 8.42 Å². The number of ether oxygens (including phenoxy) is 3. The monoisotopic (exact) mass is 283 g/mol. The van der Waals surface area contributed by atoms with Gasteiger partial charge in [-0.05, 0) is 13.8 Å². The predicted octanol–water partition coefficient (Wildman–Crippen LogP) is -0.182. The minimum atomic E-state index is -3.15. The molecule has 18 heavy (non-hydrogen) atoms. The number of hydrogen-bond acceptors (Lipinski definition) is 6. The minimum absolute atomic E-state index is 0.00823. The average molecular weight is 283 g/mol. The van der Waals surface area contributed by atoms with E-state index in [0.29, 0.717) is 26.4 Å². The van der Waals surface area contributed by atoms with Crippen molar-refractivity contribution >= 4 is 9.84 Å². The van der Waals surface area contributed by atoms with Gasteiger partial charge in [0.05, 0.1) is 44.5 Å². The number of hydrogen-bond donors (Lipinski definition) is 1. The standard InChI is InChI=1S/C11H25NO5S/c1-11(2,12)10-18(13,14)9-8-17-7-6-16-5-4-15-3/h4-10,12H2,1-3H3. The largest absolute Gasteiger partial charge is 0.382 e. The molecule has 0 bridgehead atoms. The van der Waals surface area contributed by atoms with Crippen molar-refractivity contribution in [1.29, 1.82) is 0 Å². The minimum Gasteiger partial charge on any atom is -0.382 e. The smallest absolute Gasteiger partial charge is 0.154 e. The second-order valence-corrected chi connectivity index (χ2v) is 6.98. The van der Waals surface area contributed by atoms with Crippen LogP contribution >= 0.6 is 0 Å². The highest BCUT2D eigenvalue weighted by atomic mass is 32.2. The summed E-state index contributed by atoms with van der Waals surface area (Å²) in [6.45, 7) is 5.42. The van der Waals surface area contributed by atoms with Crippen molar-refractivity contribution in [3.63, 3.8) is 0 Å². The number of rotatable bonds is 11. The molecule has 0 fully saturated rings. The van der Waals surface area contributed by atoms with Crippen LogP contribution in [0.25, 0.3) is 0 Å². The van der Waals surface area contributed by atoms with Gasteiger partial charge in [0.2, 0.25) is 0 Å². The average Bonchev–Trinajstić information content (AvgIpc) is 2.18. The SMILES string of the molecule is COCCOCCOCCS(=O)(=O)CC(C)(C)N. The van der Waals surface area contributed by atoms with Crippen LogP contribution in [0.2, 0.25) is 0 Å². The molecule has 6 nitrogen and oxygen atoms in total. The van der Waals surface area contributed by atoms with E-state index in [1.807, 2.05) is 0 Å². The van der Waals surface area contributed by atoms with Crippen LogP contribution in [0.15, 0.2) is 0 Å². The number of sulfone groups is 1. The molecule has 110 valence electrons. The summed E-state index contributed by atoms with van der Waals surface area (Å²) < 4.78 is 38.4. The molecule has 0 aliphatic carbocycles. The zero-order valence-electron chi connectivity index (χ0n) is 11.5. The molecule has 0 unspecified atom stereocenters. The lowest BCUT2D eigenvalue weighted by Gasteiger charge is -2.18. The molecule has 0 saturated carbocycles. The van der Waals surface area contributed by atoms with Crippen LogP contribution in [0.5, 0.6) is 0 Å². The van der Waals surface area contributed by atoms with Crippen molar-refractivity contribution in [2.45, 2.75) is 19.4 Å². The first-order valence-corrected chi connectivity index (χ1v) is 7.73. The van der Waals surface area contributed by atoms with Gasteiger partial charge in [-0.2, -0.15) is 0 Å². The summed E-state index contributed by atoms with van der Waals surface area (Å²) in [7, 11) is -1.55. The van der Waals surface area contributed by atoms with E-state index in [0.717, 1.165) is 0 Å². The molecule has 0 heterocycles. The van der Waals surface area contributed by atoms with Crippen molar-refractivity contribution in [2.24, 2.45) is 5.73 Å². The molecule has 0 amide bonds. The third kappa shape index (κ3) is 12.3. The van der Waals surface area contributed by atoms with E-state index in [9.17, 15) is 8.42 Å². The van der Waals surface area contributed by atoms with Crippen LogP contribution in [0, 0.1) is 0 Å². The van der Waals surface area contributed by atoms with Gasteiger partial charge < -0.3 is 19.9 Å². The normalized spacial score (nSPS) is 12.9. The molecular weight excluding hydrogens is 258 g/mol. The zero-order valence-corrected chi connectivity index (χ0v) is 12.3. The van der Waals surface area contributed by atoms with Gasteiger partial charge in [0, 0.05) is 12.6 Å². The summed E-state index contributed by atoms with van der Waals surface area (Å²) in [6.07, 6.45) is 0. The van der Waals surface area contributed by atoms with Crippen molar-refractivity contribution in [3.8, 4) is 0 Å². The highest BCUT2D eigenvalue weighted by Crippen LogP contribution is 2.03. The van der Waals surface area contributed by atoms with E-state index in [1.54, 1.807) is 21.0 Å². The van der Waals surface area contributed by atoms with Crippen LogP contribution < -0.4 is 5.73 Å². The molecule has 7 heteroatoms. The fourth-order valence-corrected chi connectivity index (χ4v) is 2.94. The van der Waals surface area contributed by atoms with Crippen LogP contribution in [-0.2, 0) is 24.0 Å². The van der Waals surface area contributed by atoms with E-state index in [2.05, 4.69) is 0 Å². The van der Waals surface area contributed by atoms with Gasteiger partial charge in [-0.3, -0.25) is 0 Å². The van der Waals surface area contributed by atoms with E-state index < -0.39 is 15.4 Å². The molecule has 0 radical (unpaired) electrons. The molecule has 0 aromatic rings. The topological polar surface area (TPSA) is 87.9 Å². The van der Waals surface area contributed by atoms with E-state index in [-0.39, 0.29) is 18.1 Å². The summed E-state index contributed by atoms with van der Waals surface area (Å²) >= 11 is 0. The summed E-state index contributed by atoms with van der Waals surface area (Å²) in [6, 6.07) is 0. The van der Waals surface area contributed by atoms with Crippen molar-refractivity contribution in [1.82, 2.24) is 0 Å². The molecular formula is C11H25NO5S. The molecule has 0 aliphatic rings. The maximum Gasteiger partial charge on any atom is 0.154 e. The zero-order chi connectivity index (χ0) is 14.1. The quantitative estimate of drug-likeness (QED) is 0.529. The predicted molar refractivity (Wildman–Crippen MR) is 70.4 cm³/mol. The number of nitrogens with two attached hydrogens (primary N) is 1. The Morgan fingerprint density at radius 3 is 2.00 bits per heavy atom. The lowest BCUT2D eigenvalue weighted by molar-refractivity contribution is 0.0284. The maximum atomic E-state index is 11.6. The summed E-state index contributed by atoms with van der Waals surface area (Å²) in [5.74, 6) is -0.0423. The molecule has 0 saturated heterocycles. The van der Waals surface area contributed by atoms with Gasteiger partial charge in [-0.1, -0.05) is 0 Å². The van der Waals surface area contributed by atoms with E-state index in [1.165, 1.54) is 0 Å². The van der Waals surface area contributed by atoms with Crippen LogP contribution in [0.3, 0.4) is 0 Å². The Kier molecular flexibility index (Phi) is 8.71. The highest BCUT2D eigenvalue weighted by Gasteiger charge is 2.21. The molecule has 0 aliphatic heterocycles. The number of methoxy groups -OCH3 is 1. The second kappa shape index (κ2) is 8.82. The summed E-state index contributed by atoms with van der Waals surface area (Å²) in [5, 5.41) is 0. The Bertz CT molecular complexity index is 297. The first kappa shape index (κ1) is 17.8. The van der Waals surface area contributed by atoms with Crippen LogP contribution in [0.1, 0.15) is 13.8 Å². The maximum absolute atomic E-state index is 11.6. The fourth-order valence-electron chi connectivity index (χ4n) is 1.29. The summed E-state index contributed by atoms with van der Waals surface area (Å²) in [5.41, 5.74) is 4.96. The first-order valence-electron chi connectivity index (χ1n) is 5.90. The van der Waals surface area contributed by atoms with E-state index >= 15 is 0 Å². The molecule has 0 atom stereocenters. The Balaban J connectivity index is 3.54. The molecule has 0 aromatic heterocycles. The van der Waals surface area contributed by atoms with Gasteiger partial charge in [0.15, 0.2) is 9.84 Å². The van der Waals surface area contributed by atoms with E-state index in [4.69, 9.17) is 19.9 Å². The van der Waals surface area contributed by atoms with Gasteiger partial charge in [-0.15, -0.1) is 0 Å². The fraction of sp³-hybridized carbons (Fsp3) is 1.00. The summed E-state index contributed by atoms with van der Waals surface area (Å²) in [4.78, 5) is 0. The third-order valence-electron chi connectivity index (χ3n) is 1.93. The Labute approximate surface area is 110 Å². The van der Waals surface area contributed by atoms with Crippen molar-refractivity contribution in [3.05, 3.63) is 0 Å². The van der Waals surface area contributed by atoms with Crippen molar-refractivity contribution < 1.29 is 22.6 Å². The molecule has 0 aromatic carbocycles.